The van der Waals surface area contributed by atoms with E-state index in [0.29, 0.717) is 11.8 Å². The van der Waals surface area contributed by atoms with Crippen LogP contribution in [0, 0.1) is 5.41 Å². The molecule has 3 heterocycles. The van der Waals surface area contributed by atoms with Gasteiger partial charge in [0.15, 0.2) is 28.6 Å². The summed E-state index contributed by atoms with van der Waals surface area (Å²) in [6.45, 7) is -0.115. The molecule has 2 amide bonds. The molecule has 0 spiro atoms. The van der Waals surface area contributed by atoms with Crippen LogP contribution in [0.25, 0.3) is 11.2 Å². The first-order valence-corrected chi connectivity index (χ1v) is 23.4. The number of ether oxygens (including phenoxy) is 1. The first kappa shape index (κ1) is 53.4. The fourth-order valence-corrected chi connectivity index (χ4v) is 8.83. The molecule has 63 heavy (non-hydrogen) atoms. The van der Waals surface area contributed by atoms with E-state index in [9.17, 15) is 77.0 Å². The van der Waals surface area contributed by atoms with Gasteiger partial charge in [-0.25, -0.2) is 28.6 Å². The molecule has 33 heteroatoms. The number of carboxylic acids is 1. The summed E-state index contributed by atoms with van der Waals surface area (Å²) in [6, 6.07) is 0. The number of nitrogens with one attached hydrogen (secondary N) is 2. The molecule has 7 atom stereocenters. The number of anilines is 1. The van der Waals surface area contributed by atoms with E-state index in [1.807, 2.05) is 0 Å². The zero-order chi connectivity index (χ0) is 47.5. The zero-order valence-electron chi connectivity index (χ0n) is 33.0. The number of Topliss-reactive ketones (excluding diaryl/α,β-unsaturated/α-hetero) is 3. The normalized spacial score (nSPS) is 20.3. The summed E-state index contributed by atoms with van der Waals surface area (Å²) in [4.78, 5) is 133. The van der Waals surface area contributed by atoms with Crippen molar-refractivity contribution in [3.8, 4) is 0 Å². The first-order valence-electron chi connectivity index (χ1n) is 17.9. The summed E-state index contributed by atoms with van der Waals surface area (Å²) in [5.74, 6) is -5.63. The fourth-order valence-electron chi connectivity index (χ4n) is 5.30. The summed E-state index contributed by atoms with van der Waals surface area (Å²) < 4.78 is 62.0. The second kappa shape index (κ2) is 22.8. The van der Waals surface area contributed by atoms with Crippen LogP contribution >= 0.6 is 35.2 Å². The van der Waals surface area contributed by atoms with E-state index in [1.165, 1.54) is 13.8 Å². The summed E-state index contributed by atoms with van der Waals surface area (Å²) in [5, 5.41) is 34.1. The van der Waals surface area contributed by atoms with Gasteiger partial charge >= 0.3 is 29.4 Å². The number of aliphatic hydroxyl groups excluding tert-OH is 2. The van der Waals surface area contributed by atoms with Crippen molar-refractivity contribution in [1.82, 2.24) is 30.2 Å². The molecule has 0 radical (unpaired) electrons. The molecule has 0 bridgehead atoms. The lowest BCUT2D eigenvalue weighted by atomic mass is 9.87. The van der Waals surface area contributed by atoms with Gasteiger partial charge in [0.05, 0.1) is 38.8 Å². The Kier molecular flexibility index (Phi) is 19.3. The zero-order valence-corrected chi connectivity index (χ0v) is 36.5. The number of aliphatic carboxylic acids is 1. The number of hydrogen-bond donors (Lipinski definition) is 10. The van der Waals surface area contributed by atoms with Crippen LogP contribution in [0.2, 0.25) is 0 Å². The molecule has 1 aliphatic heterocycles. The molecule has 11 N–H and O–H groups in total. The third kappa shape index (κ3) is 17.5. The van der Waals surface area contributed by atoms with E-state index in [-0.39, 0.29) is 42.2 Å². The summed E-state index contributed by atoms with van der Waals surface area (Å²) >= 11 is 0.671. The highest BCUT2D eigenvalue weighted by atomic mass is 32.2. The third-order valence-electron chi connectivity index (χ3n) is 8.24. The Morgan fingerprint density at radius 1 is 0.921 bits per heavy atom. The molecule has 1 fully saturated rings. The quantitative estimate of drug-likeness (QED) is 0.0263. The van der Waals surface area contributed by atoms with Crippen LogP contribution in [0.15, 0.2) is 12.7 Å². The number of hydrogen-bond acceptors (Lipinski definition) is 22. The molecule has 0 aliphatic carbocycles. The van der Waals surface area contributed by atoms with E-state index in [2.05, 4.69) is 34.4 Å². The maximum Gasteiger partial charge on any atom is 0.481 e. The van der Waals surface area contributed by atoms with Crippen LogP contribution in [0.1, 0.15) is 52.2 Å². The maximum absolute atomic E-state index is 12.7. The van der Waals surface area contributed by atoms with Gasteiger partial charge in [0.25, 0.3) is 0 Å². The van der Waals surface area contributed by atoms with Crippen molar-refractivity contribution in [2.45, 2.75) is 76.6 Å². The molecule has 352 valence electrons. The standard InChI is InChI=1S/C30H44N7O22P3S/c1-30(2,25(46)28(47)33-4-3-19(41)32-5-6-63-21(44)10-17(40)8-15(38)7-16(39)9-20(42)43)12-56-62(53,54)59-61(51,52)55-11-18-24(58-60(48,49)50)23(45)29(57-18)37-14-36-22-26(31)34-13-35-27(22)37/h13-14,18,23-25,29,45-46H,3-12H2,1-2H3,(H,32,41)(H,33,47)(H,42,43)(H,51,52)(H,53,54)(H2,31,34,35)(H2,48,49,50)/t18-,23-,24-,25+,29-/m1/s1. The fraction of sp³-hybridized carbons (Fsp3) is 0.600. The number of amides is 2. The van der Waals surface area contributed by atoms with Gasteiger partial charge in [-0.1, -0.05) is 25.6 Å². The van der Waals surface area contributed by atoms with Gasteiger partial charge in [-0.3, -0.25) is 51.7 Å². The second-order valence-corrected chi connectivity index (χ2v) is 19.4. The lowest BCUT2D eigenvalue weighted by Gasteiger charge is -2.30. The number of phosphoric acid groups is 3. The average Bonchev–Trinajstić information content (AvgIpc) is 3.70. The molecular formula is C30H44N7O22P3S. The number of aliphatic hydroxyl groups is 2. The van der Waals surface area contributed by atoms with E-state index < -0.39 is 139 Å². The highest BCUT2D eigenvalue weighted by Crippen LogP contribution is 2.61. The number of carbonyl (C=O) groups is 7. The minimum atomic E-state index is -5.62. The lowest BCUT2D eigenvalue weighted by molar-refractivity contribution is -0.141. The molecule has 2 aromatic heterocycles. The number of phosphoric ester groups is 3. The summed E-state index contributed by atoms with van der Waals surface area (Å²) in [7, 11) is -16.5. The largest absolute Gasteiger partial charge is 0.481 e. The van der Waals surface area contributed by atoms with Crippen molar-refractivity contribution in [3.63, 3.8) is 0 Å². The van der Waals surface area contributed by atoms with E-state index in [0.717, 1.165) is 17.2 Å². The number of imidazole rings is 1. The van der Waals surface area contributed by atoms with Gasteiger partial charge in [-0.05, 0) is 0 Å². The average molecular weight is 980 g/mol. The SMILES string of the molecule is CC(C)(COP(=O)(O)OP(=O)(O)OC[C@H]1O[C@@H](n2cnc3c(N)ncnc32)[C@H](O)[C@@H]1OP(=O)(O)O)[C@@H](O)C(=O)NCCC(=O)NCCSC(=O)CC(=O)CC(=O)CC(=O)CC(=O)O. The van der Waals surface area contributed by atoms with E-state index in [4.69, 9.17) is 24.6 Å². The number of ketones is 3. The third-order valence-corrected chi connectivity index (χ3v) is 12.2. The number of nitrogens with zero attached hydrogens (tertiary/aromatic N) is 4. The number of carbonyl (C=O) groups excluding carboxylic acids is 6. The minimum absolute atomic E-state index is 0.00430. The monoisotopic (exact) mass is 979 g/mol. The molecule has 1 saturated heterocycles. The summed E-state index contributed by atoms with van der Waals surface area (Å²) in [6.07, 6.45) is -10.3. The topological polar surface area (TPSA) is 452 Å². The first-order chi connectivity index (χ1) is 29.1. The van der Waals surface area contributed by atoms with Crippen LogP contribution in [-0.4, -0.2) is 151 Å². The van der Waals surface area contributed by atoms with Gasteiger partial charge < -0.3 is 56.0 Å². The van der Waals surface area contributed by atoms with Crippen LogP contribution in [0.4, 0.5) is 5.82 Å². The van der Waals surface area contributed by atoms with Crippen LogP contribution in [0.3, 0.4) is 0 Å². The Balaban J connectivity index is 1.41. The predicted octanol–water partition coefficient (Wildman–Crippen LogP) is -1.98. The van der Waals surface area contributed by atoms with Crippen LogP contribution in [-0.2, 0) is 69.9 Å². The minimum Gasteiger partial charge on any atom is -0.481 e. The van der Waals surface area contributed by atoms with Crippen LogP contribution in [0.5, 0.6) is 0 Å². The van der Waals surface area contributed by atoms with E-state index >= 15 is 0 Å². The highest BCUT2D eigenvalue weighted by molar-refractivity contribution is 8.13. The predicted molar refractivity (Wildman–Crippen MR) is 208 cm³/mol. The molecule has 2 aromatic rings. The molecule has 1 aliphatic rings. The Morgan fingerprint density at radius 3 is 2.17 bits per heavy atom. The van der Waals surface area contributed by atoms with Crippen molar-refractivity contribution in [2.75, 3.05) is 37.8 Å². The molecule has 2 unspecified atom stereocenters. The van der Waals surface area contributed by atoms with Crippen molar-refractivity contribution in [2.24, 2.45) is 5.41 Å². The number of fused-ring (bicyclic) bond motifs is 1. The van der Waals surface area contributed by atoms with Crippen molar-refractivity contribution < 1.29 is 105 Å². The van der Waals surface area contributed by atoms with Crippen molar-refractivity contribution >= 4 is 92.5 Å². The van der Waals surface area contributed by atoms with Gasteiger partial charge in [-0.15, -0.1) is 0 Å². The number of carboxylic acid groups (broad SMARTS) is 1. The number of aromatic nitrogens is 4. The van der Waals surface area contributed by atoms with Gasteiger partial charge in [0.2, 0.25) is 11.8 Å². The molecule has 29 nitrogen and oxygen atoms in total. The van der Waals surface area contributed by atoms with Gasteiger partial charge in [0.1, 0.15) is 54.2 Å². The lowest BCUT2D eigenvalue weighted by Crippen LogP contribution is -2.46. The summed E-state index contributed by atoms with van der Waals surface area (Å²) in [5.41, 5.74) is 4.12. The second-order valence-electron chi connectivity index (χ2n) is 14.0. The molecule has 0 aromatic carbocycles. The Bertz CT molecular complexity index is 2190. The van der Waals surface area contributed by atoms with E-state index in [1.54, 1.807) is 0 Å². The molecule has 0 saturated carbocycles. The van der Waals surface area contributed by atoms with Crippen molar-refractivity contribution in [1.29, 1.82) is 0 Å². The molecular weight excluding hydrogens is 935 g/mol. The van der Waals surface area contributed by atoms with Crippen molar-refractivity contribution in [3.05, 3.63) is 12.7 Å². The Hall–Kier alpha value is -3.96. The number of thioether (sulfide) groups is 1. The smallest absolute Gasteiger partial charge is 0.481 e. The highest BCUT2D eigenvalue weighted by Gasteiger charge is 2.50. The number of nitrogens with two attached hydrogens (primary N) is 1. The number of nitrogen functional groups attached to an aromatic ring is 1. The Labute approximate surface area is 359 Å². The van der Waals surface area contributed by atoms with Crippen LogP contribution < -0.4 is 16.4 Å². The maximum atomic E-state index is 12.7. The van der Waals surface area contributed by atoms with Gasteiger partial charge in [0, 0.05) is 30.7 Å². The number of rotatable bonds is 27. The molecule has 3 rings (SSSR count). The Morgan fingerprint density at radius 2 is 1.54 bits per heavy atom. The van der Waals surface area contributed by atoms with Gasteiger partial charge in [-0.2, -0.15) is 4.31 Å².